The highest BCUT2D eigenvalue weighted by atomic mass is 19.1. The lowest BCUT2D eigenvalue weighted by Gasteiger charge is -2.41. The third-order valence-electron chi connectivity index (χ3n) is 7.53. The van der Waals surface area contributed by atoms with Gasteiger partial charge in [0.05, 0.1) is 0 Å². The molecule has 1 saturated carbocycles. The first-order chi connectivity index (χ1) is 15.2. The smallest absolute Gasteiger partial charge is 0.162 e. The predicted octanol–water partition coefficient (Wildman–Crippen LogP) is 6.86. The fourth-order valence-corrected chi connectivity index (χ4v) is 5.88. The molecule has 1 unspecified atom stereocenters. The minimum atomic E-state index is -0.290. The molecule has 0 amide bonds. The SMILES string of the molecule is O=C(CCCN1CCC(C(c2ccccc2)C2CCCCC2)CC1)c1ccc(F)cc1. The van der Waals surface area contributed by atoms with Crippen molar-refractivity contribution in [3.8, 4) is 0 Å². The Labute approximate surface area is 186 Å². The summed E-state index contributed by atoms with van der Waals surface area (Å²) in [6.45, 7) is 3.27. The van der Waals surface area contributed by atoms with E-state index >= 15 is 0 Å². The average molecular weight is 422 g/mol. The predicted molar refractivity (Wildman–Crippen MR) is 125 cm³/mol. The van der Waals surface area contributed by atoms with E-state index < -0.39 is 0 Å². The molecule has 2 aromatic carbocycles. The summed E-state index contributed by atoms with van der Waals surface area (Å²) < 4.78 is 13.0. The summed E-state index contributed by atoms with van der Waals surface area (Å²) in [5.41, 5.74) is 2.18. The second-order valence-corrected chi connectivity index (χ2v) is 9.55. The van der Waals surface area contributed by atoms with Crippen molar-refractivity contribution in [2.24, 2.45) is 11.8 Å². The van der Waals surface area contributed by atoms with Crippen LogP contribution in [0.2, 0.25) is 0 Å². The molecule has 4 rings (SSSR count). The molecule has 0 N–H and O–H groups in total. The maximum atomic E-state index is 13.0. The Hall–Kier alpha value is -2.00. The Morgan fingerprint density at radius 1 is 0.871 bits per heavy atom. The summed E-state index contributed by atoms with van der Waals surface area (Å²) in [5.74, 6) is 2.17. The molecule has 1 heterocycles. The van der Waals surface area contributed by atoms with Gasteiger partial charge in [-0.15, -0.1) is 0 Å². The van der Waals surface area contributed by atoms with Crippen LogP contribution < -0.4 is 0 Å². The van der Waals surface area contributed by atoms with Crippen LogP contribution in [0.25, 0.3) is 0 Å². The molecule has 1 aliphatic heterocycles. The highest BCUT2D eigenvalue weighted by molar-refractivity contribution is 5.95. The lowest BCUT2D eigenvalue weighted by Crippen LogP contribution is -2.38. The Balaban J connectivity index is 1.27. The van der Waals surface area contributed by atoms with Gasteiger partial charge in [0.2, 0.25) is 0 Å². The van der Waals surface area contributed by atoms with E-state index in [-0.39, 0.29) is 11.6 Å². The molecule has 1 aliphatic carbocycles. The van der Waals surface area contributed by atoms with E-state index in [0.29, 0.717) is 17.9 Å². The third-order valence-corrected chi connectivity index (χ3v) is 7.53. The van der Waals surface area contributed by atoms with Gasteiger partial charge >= 0.3 is 0 Å². The van der Waals surface area contributed by atoms with Crippen LogP contribution >= 0.6 is 0 Å². The fraction of sp³-hybridized carbons (Fsp3) is 0.536. The Bertz CT molecular complexity index is 805. The number of nitrogens with zero attached hydrogens (tertiary/aromatic N) is 1. The van der Waals surface area contributed by atoms with E-state index in [1.807, 2.05) is 0 Å². The summed E-state index contributed by atoms with van der Waals surface area (Å²) in [6, 6.07) is 17.2. The van der Waals surface area contributed by atoms with Crippen LogP contribution in [-0.2, 0) is 0 Å². The zero-order chi connectivity index (χ0) is 21.5. The number of Topliss-reactive ketones (excluding diaryl/α,β-unsaturated/α-hetero) is 1. The summed E-state index contributed by atoms with van der Waals surface area (Å²) in [4.78, 5) is 14.9. The van der Waals surface area contributed by atoms with Gasteiger partial charge < -0.3 is 4.90 Å². The van der Waals surface area contributed by atoms with Crippen LogP contribution in [0.3, 0.4) is 0 Å². The van der Waals surface area contributed by atoms with Crippen molar-refractivity contribution >= 4 is 5.78 Å². The monoisotopic (exact) mass is 421 g/mol. The van der Waals surface area contributed by atoms with Gasteiger partial charge in [-0.2, -0.15) is 0 Å². The number of hydrogen-bond donors (Lipinski definition) is 0. The largest absolute Gasteiger partial charge is 0.303 e. The molecule has 0 radical (unpaired) electrons. The van der Waals surface area contributed by atoms with Crippen molar-refractivity contribution in [1.82, 2.24) is 4.90 Å². The molecular weight excluding hydrogens is 385 g/mol. The van der Waals surface area contributed by atoms with Crippen molar-refractivity contribution in [3.05, 3.63) is 71.5 Å². The van der Waals surface area contributed by atoms with Crippen molar-refractivity contribution < 1.29 is 9.18 Å². The minimum Gasteiger partial charge on any atom is -0.303 e. The summed E-state index contributed by atoms with van der Waals surface area (Å²) >= 11 is 0. The molecule has 0 spiro atoms. The highest BCUT2D eigenvalue weighted by Crippen LogP contribution is 2.44. The second-order valence-electron chi connectivity index (χ2n) is 9.55. The number of rotatable bonds is 8. The summed E-state index contributed by atoms with van der Waals surface area (Å²) in [6.07, 6.45) is 10.9. The van der Waals surface area contributed by atoms with Gasteiger partial charge in [0, 0.05) is 12.0 Å². The van der Waals surface area contributed by atoms with Crippen LogP contribution in [-0.4, -0.2) is 30.3 Å². The van der Waals surface area contributed by atoms with E-state index in [1.54, 1.807) is 17.7 Å². The number of likely N-dealkylation sites (tertiary alicyclic amines) is 1. The fourth-order valence-electron chi connectivity index (χ4n) is 5.88. The number of carbonyl (C=O) groups is 1. The molecule has 1 saturated heterocycles. The van der Waals surface area contributed by atoms with Crippen LogP contribution in [0.15, 0.2) is 54.6 Å². The van der Waals surface area contributed by atoms with Gasteiger partial charge in [-0.1, -0.05) is 49.6 Å². The van der Waals surface area contributed by atoms with Crippen LogP contribution in [0, 0.1) is 17.7 Å². The van der Waals surface area contributed by atoms with Crippen molar-refractivity contribution in [2.75, 3.05) is 19.6 Å². The average Bonchev–Trinajstić information content (AvgIpc) is 2.82. The lowest BCUT2D eigenvalue weighted by atomic mass is 9.68. The van der Waals surface area contributed by atoms with Gasteiger partial charge in [0.15, 0.2) is 5.78 Å². The zero-order valence-electron chi connectivity index (χ0n) is 18.6. The quantitative estimate of drug-likeness (QED) is 0.434. The lowest BCUT2D eigenvalue weighted by molar-refractivity contribution is 0.0965. The molecule has 2 nitrogen and oxygen atoms in total. The maximum Gasteiger partial charge on any atom is 0.162 e. The summed E-state index contributed by atoms with van der Waals surface area (Å²) in [7, 11) is 0. The molecule has 31 heavy (non-hydrogen) atoms. The van der Waals surface area contributed by atoms with E-state index in [4.69, 9.17) is 0 Å². The topological polar surface area (TPSA) is 20.3 Å². The van der Waals surface area contributed by atoms with Crippen molar-refractivity contribution in [3.63, 3.8) is 0 Å². The molecule has 166 valence electrons. The van der Waals surface area contributed by atoms with E-state index in [0.717, 1.165) is 37.9 Å². The van der Waals surface area contributed by atoms with Crippen LogP contribution in [0.1, 0.15) is 79.6 Å². The first kappa shape index (κ1) is 22.2. The van der Waals surface area contributed by atoms with Gasteiger partial charge in [0.1, 0.15) is 5.82 Å². The van der Waals surface area contributed by atoms with Crippen LogP contribution in [0.4, 0.5) is 4.39 Å². The molecule has 0 bridgehead atoms. The molecule has 2 fully saturated rings. The van der Waals surface area contributed by atoms with E-state index in [2.05, 4.69) is 35.2 Å². The minimum absolute atomic E-state index is 0.122. The number of ketones is 1. The standard InChI is InChI=1S/C28H36FNO/c29-26-15-13-22(14-16-26)27(31)12-7-19-30-20-17-25(18-21-30)28(23-8-3-1-4-9-23)24-10-5-2-6-11-24/h1,3-4,8-9,13-16,24-25,28H,2,5-7,10-12,17-21H2. The van der Waals surface area contributed by atoms with E-state index in [9.17, 15) is 9.18 Å². The van der Waals surface area contributed by atoms with Crippen molar-refractivity contribution in [2.45, 2.75) is 63.7 Å². The highest BCUT2D eigenvalue weighted by Gasteiger charge is 2.33. The molecular formula is C28H36FNO. The first-order valence-electron chi connectivity index (χ1n) is 12.3. The Morgan fingerprint density at radius 3 is 2.19 bits per heavy atom. The van der Waals surface area contributed by atoms with Gasteiger partial charge in [0.25, 0.3) is 0 Å². The number of halogens is 1. The van der Waals surface area contributed by atoms with Gasteiger partial charge in [-0.3, -0.25) is 4.79 Å². The Kier molecular flexibility index (Phi) is 7.91. The molecule has 0 aromatic heterocycles. The molecule has 2 aromatic rings. The first-order valence-corrected chi connectivity index (χ1v) is 12.3. The van der Waals surface area contributed by atoms with E-state index in [1.165, 1.54) is 57.1 Å². The second kappa shape index (κ2) is 11.0. The molecule has 1 atom stereocenters. The number of hydrogen-bond acceptors (Lipinski definition) is 2. The van der Waals surface area contributed by atoms with Crippen molar-refractivity contribution in [1.29, 1.82) is 0 Å². The van der Waals surface area contributed by atoms with Crippen LogP contribution in [0.5, 0.6) is 0 Å². The maximum absolute atomic E-state index is 13.0. The normalized spacial score (nSPS) is 19.9. The third kappa shape index (κ3) is 6.04. The van der Waals surface area contributed by atoms with Gasteiger partial charge in [-0.05, 0) is 99.3 Å². The number of benzene rings is 2. The number of piperidine rings is 1. The van der Waals surface area contributed by atoms with Gasteiger partial charge in [-0.25, -0.2) is 4.39 Å². The molecule has 2 aliphatic rings. The zero-order valence-corrected chi connectivity index (χ0v) is 18.6. The molecule has 3 heteroatoms. The Morgan fingerprint density at radius 2 is 1.52 bits per heavy atom. The number of carbonyl (C=O) groups excluding carboxylic acids is 1. The summed E-state index contributed by atoms with van der Waals surface area (Å²) in [5, 5.41) is 0.